The van der Waals surface area contributed by atoms with Crippen LogP contribution in [-0.4, -0.2) is 17.6 Å². The topological polar surface area (TPSA) is 34.1 Å². The van der Waals surface area contributed by atoms with Gasteiger partial charge in [-0.05, 0) is 13.3 Å². The molecule has 0 aromatic carbocycles. The van der Waals surface area contributed by atoms with Gasteiger partial charge in [0.15, 0.2) is 0 Å². The fourth-order valence-electron chi connectivity index (χ4n) is 0.508. The van der Waals surface area contributed by atoms with E-state index in [0.29, 0.717) is 0 Å². The van der Waals surface area contributed by atoms with E-state index in [0.717, 1.165) is 6.42 Å². The summed E-state index contributed by atoms with van der Waals surface area (Å²) in [6.07, 6.45) is 0.827. The van der Waals surface area contributed by atoms with Crippen molar-refractivity contribution < 1.29 is 8.42 Å². The van der Waals surface area contributed by atoms with Crippen LogP contribution in [0, 0.1) is 0 Å². The zero-order chi connectivity index (χ0) is 8.36. The second kappa shape index (κ2) is 4.11. The molecule has 2 nitrogen and oxygen atoms in total. The van der Waals surface area contributed by atoms with Gasteiger partial charge in [0.05, 0.1) is 5.25 Å². The van der Waals surface area contributed by atoms with Gasteiger partial charge in [-0.25, -0.2) is 8.42 Å². The quantitative estimate of drug-likeness (QED) is 0.454. The van der Waals surface area contributed by atoms with Crippen LogP contribution in [0.15, 0.2) is 0 Å². The molecule has 2 atom stereocenters. The van der Waals surface area contributed by atoms with Crippen molar-refractivity contribution in [3.63, 3.8) is 0 Å². The highest BCUT2D eigenvalue weighted by atomic mass is 127. The molecule has 1 unspecified atom stereocenters. The van der Waals surface area contributed by atoms with E-state index in [1.807, 2.05) is 6.92 Å². The van der Waals surface area contributed by atoms with Crippen LogP contribution in [0.4, 0.5) is 0 Å². The van der Waals surface area contributed by atoms with Crippen LogP contribution >= 0.6 is 33.3 Å². The van der Waals surface area contributed by atoms with E-state index in [9.17, 15) is 8.42 Å². The third-order valence-corrected chi connectivity index (χ3v) is 5.85. The molecule has 0 aromatic heterocycles. The third kappa shape index (κ3) is 3.39. The molecule has 0 bridgehead atoms. The highest BCUT2D eigenvalue weighted by Gasteiger charge is 2.23. The third-order valence-electron chi connectivity index (χ3n) is 1.34. The smallest absolute Gasteiger partial charge is 0.212 e. The van der Waals surface area contributed by atoms with Crippen LogP contribution < -0.4 is 0 Å². The van der Waals surface area contributed by atoms with Crippen LogP contribution in [-0.2, 0) is 9.05 Å². The molecule has 0 aliphatic carbocycles. The fourth-order valence-corrected chi connectivity index (χ4v) is 3.11. The second-order valence-electron chi connectivity index (χ2n) is 2.10. The van der Waals surface area contributed by atoms with E-state index in [2.05, 4.69) is 22.6 Å². The maximum absolute atomic E-state index is 10.7. The largest absolute Gasteiger partial charge is 0.236 e. The lowest BCUT2D eigenvalue weighted by molar-refractivity contribution is 0.594. The summed E-state index contributed by atoms with van der Waals surface area (Å²) in [5.74, 6) is 0. The van der Waals surface area contributed by atoms with Gasteiger partial charge in [-0.2, -0.15) is 0 Å². The van der Waals surface area contributed by atoms with Crippen molar-refractivity contribution in [1.29, 1.82) is 0 Å². The fraction of sp³-hybridized carbons (Fsp3) is 1.00. The summed E-state index contributed by atoms with van der Waals surface area (Å²) in [5.41, 5.74) is 0. The monoisotopic (exact) mass is 296 g/mol. The Bertz CT molecular complexity index is 190. The predicted molar refractivity (Wildman–Crippen MR) is 52.3 cm³/mol. The van der Waals surface area contributed by atoms with E-state index in [4.69, 9.17) is 10.7 Å². The Morgan fingerprint density at radius 1 is 1.60 bits per heavy atom. The average molecular weight is 297 g/mol. The van der Waals surface area contributed by atoms with Crippen molar-refractivity contribution in [2.45, 2.75) is 29.4 Å². The SMILES string of the molecule is CCC(I)[C@@H](C)S(=O)(=O)Cl. The first-order valence-electron chi connectivity index (χ1n) is 2.97. The minimum Gasteiger partial charge on any atom is -0.212 e. The summed E-state index contributed by atoms with van der Waals surface area (Å²) in [6.45, 7) is 3.57. The number of rotatable bonds is 3. The lowest BCUT2D eigenvalue weighted by Crippen LogP contribution is -2.22. The molecule has 0 aromatic rings. The Labute approximate surface area is 79.9 Å². The maximum Gasteiger partial charge on any atom is 0.236 e. The van der Waals surface area contributed by atoms with Crippen molar-refractivity contribution >= 4 is 42.3 Å². The summed E-state index contributed by atoms with van der Waals surface area (Å²) in [7, 11) is 1.78. The average Bonchev–Trinajstić information content (AvgIpc) is 1.83. The van der Waals surface area contributed by atoms with Crippen LogP contribution in [0.3, 0.4) is 0 Å². The molecule has 62 valence electrons. The Morgan fingerprint density at radius 2 is 2.00 bits per heavy atom. The van der Waals surface area contributed by atoms with Crippen molar-refractivity contribution in [3.05, 3.63) is 0 Å². The molecule has 5 heteroatoms. The summed E-state index contributed by atoms with van der Waals surface area (Å²) in [4.78, 5) is 0. The molecule has 0 saturated heterocycles. The lowest BCUT2D eigenvalue weighted by Gasteiger charge is -2.11. The number of halogens is 2. The van der Waals surface area contributed by atoms with Crippen molar-refractivity contribution in [3.8, 4) is 0 Å². The molecule has 0 rings (SSSR count). The van der Waals surface area contributed by atoms with Crippen LogP contribution in [0.2, 0.25) is 0 Å². The molecule has 0 radical (unpaired) electrons. The van der Waals surface area contributed by atoms with Gasteiger partial charge in [0, 0.05) is 14.6 Å². The lowest BCUT2D eigenvalue weighted by atomic mass is 10.3. The molecule has 0 heterocycles. The molecular formula is C5H10ClIO2S. The van der Waals surface area contributed by atoms with Gasteiger partial charge in [0.25, 0.3) is 0 Å². The van der Waals surface area contributed by atoms with Gasteiger partial charge in [-0.3, -0.25) is 0 Å². The van der Waals surface area contributed by atoms with Gasteiger partial charge in [-0.1, -0.05) is 29.5 Å². The first-order chi connectivity index (χ1) is 4.39. The van der Waals surface area contributed by atoms with Crippen molar-refractivity contribution in [2.24, 2.45) is 0 Å². The van der Waals surface area contributed by atoms with Gasteiger partial charge in [0.2, 0.25) is 9.05 Å². The Morgan fingerprint density at radius 3 is 2.10 bits per heavy atom. The summed E-state index contributed by atoms with van der Waals surface area (Å²) >= 11 is 2.09. The van der Waals surface area contributed by atoms with E-state index in [1.165, 1.54) is 0 Å². The molecule has 0 saturated carbocycles. The van der Waals surface area contributed by atoms with Crippen LogP contribution in [0.25, 0.3) is 0 Å². The zero-order valence-corrected chi connectivity index (χ0v) is 9.57. The minimum atomic E-state index is -3.35. The molecule has 0 aliphatic rings. The number of hydrogen-bond donors (Lipinski definition) is 0. The molecule has 0 fully saturated rings. The summed E-state index contributed by atoms with van der Waals surface area (Å²) in [5, 5.41) is -0.445. The molecule has 0 spiro atoms. The standard InChI is InChI=1S/C5H10ClIO2S/c1-3-5(7)4(2)10(6,8)9/h4-5H,3H2,1-2H3/t4-,5?/m1/s1. The van der Waals surface area contributed by atoms with Crippen LogP contribution in [0.1, 0.15) is 20.3 Å². The van der Waals surface area contributed by atoms with Crippen molar-refractivity contribution in [1.82, 2.24) is 0 Å². The molecule has 0 aliphatic heterocycles. The van der Waals surface area contributed by atoms with E-state index < -0.39 is 14.3 Å². The van der Waals surface area contributed by atoms with Gasteiger partial charge >= 0.3 is 0 Å². The maximum atomic E-state index is 10.7. The first-order valence-corrected chi connectivity index (χ1v) is 6.59. The number of hydrogen-bond acceptors (Lipinski definition) is 2. The highest BCUT2D eigenvalue weighted by Crippen LogP contribution is 2.19. The van der Waals surface area contributed by atoms with Gasteiger partial charge in [0.1, 0.15) is 0 Å². The Balaban J connectivity index is 4.23. The molecule has 0 N–H and O–H groups in total. The Hall–Kier alpha value is 0.970. The molecule has 0 amide bonds. The minimum absolute atomic E-state index is 0.111. The summed E-state index contributed by atoms with van der Waals surface area (Å²) < 4.78 is 21.5. The Kier molecular flexibility index (Phi) is 4.51. The molecule has 10 heavy (non-hydrogen) atoms. The van der Waals surface area contributed by atoms with E-state index in [1.54, 1.807) is 6.92 Å². The van der Waals surface area contributed by atoms with E-state index >= 15 is 0 Å². The van der Waals surface area contributed by atoms with Crippen LogP contribution in [0.5, 0.6) is 0 Å². The second-order valence-corrected chi connectivity index (χ2v) is 6.69. The number of alkyl halides is 1. The normalized spacial score (nSPS) is 18.4. The first kappa shape index (κ1) is 11.0. The van der Waals surface area contributed by atoms with Crippen molar-refractivity contribution in [2.75, 3.05) is 0 Å². The zero-order valence-electron chi connectivity index (χ0n) is 5.84. The molecular weight excluding hydrogens is 286 g/mol. The summed E-state index contributed by atoms with van der Waals surface area (Å²) in [6, 6.07) is 0. The van der Waals surface area contributed by atoms with E-state index in [-0.39, 0.29) is 3.92 Å². The van der Waals surface area contributed by atoms with Gasteiger partial charge < -0.3 is 0 Å². The highest BCUT2D eigenvalue weighted by molar-refractivity contribution is 14.1. The predicted octanol–water partition coefficient (Wildman–Crippen LogP) is 2.16. The van der Waals surface area contributed by atoms with Gasteiger partial charge in [-0.15, -0.1) is 0 Å².